The monoisotopic (exact) mass is 386 g/mol. The maximum atomic E-state index is 11.7. The first-order valence-electron chi connectivity index (χ1n) is 9.43. The number of piperidine rings is 1. The molecule has 1 saturated heterocycles. The summed E-state index contributed by atoms with van der Waals surface area (Å²) < 4.78 is 23.4. The van der Waals surface area contributed by atoms with Crippen LogP contribution in [0, 0.1) is 0 Å². The van der Waals surface area contributed by atoms with Crippen molar-refractivity contribution in [1.29, 1.82) is 0 Å². The molecule has 2 heterocycles. The third-order valence-electron chi connectivity index (χ3n) is 5.48. The molecule has 4 N–H and O–H groups in total. The number of nitrogens with zero attached hydrogens (tertiary/aromatic N) is 1. The third-order valence-corrected chi connectivity index (χ3v) is 6.56. The van der Waals surface area contributed by atoms with Gasteiger partial charge < -0.3 is 15.5 Å². The Bertz CT molecular complexity index is 895. The van der Waals surface area contributed by atoms with Crippen molar-refractivity contribution < 1.29 is 8.42 Å². The van der Waals surface area contributed by atoms with Crippen molar-refractivity contribution >= 4 is 21.4 Å². The molecule has 0 bridgehead atoms. The highest BCUT2D eigenvalue weighted by Crippen LogP contribution is 2.33. The lowest BCUT2D eigenvalue weighted by atomic mass is 10.0. The number of hydrogen-bond donors (Lipinski definition) is 3. The van der Waals surface area contributed by atoms with Crippen molar-refractivity contribution in [3.8, 4) is 0 Å². The van der Waals surface area contributed by atoms with Crippen LogP contribution in [0.25, 0.3) is 0 Å². The standard InChI is InChI=1S/C20H26N4O2S/c21-27(25,26)20-13-16-12-18(6-7-19(16)23-20)24(17-8-10-22-11-9-17)14-15-4-2-1-3-5-15/h1-7,12,17,20,22-23H,8-11,13-14H2,(H2,21,25,26). The largest absolute Gasteiger partial charge is 0.367 e. The summed E-state index contributed by atoms with van der Waals surface area (Å²) in [6.45, 7) is 2.89. The molecule has 0 spiro atoms. The van der Waals surface area contributed by atoms with Gasteiger partial charge in [0.1, 0.15) is 5.37 Å². The lowest BCUT2D eigenvalue weighted by Crippen LogP contribution is -2.43. The van der Waals surface area contributed by atoms with Gasteiger partial charge in [0.25, 0.3) is 0 Å². The van der Waals surface area contributed by atoms with E-state index in [1.807, 2.05) is 12.1 Å². The van der Waals surface area contributed by atoms with Crippen LogP contribution in [0.5, 0.6) is 0 Å². The van der Waals surface area contributed by atoms with E-state index in [1.54, 1.807) is 0 Å². The van der Waals surface area contributed by atoms with Gasteiger partial charge in [-0.3, -0.25) is 0 Å². The maximum Gasteiger partial charge on any atom is 0.230 e. The van der Waals surface area contributed by atoms with Gasteiger partial charge >= 0.3 is 0 Å². The zero-order valence-corrected chi connectivity index (χ0v) is 16.1. The molecule has 7 heteroatoms. The average Bonchev–Trinajstić information content (AvgIpc) is 3.11. The molecule has 4 rings (SSSR count). The molecular weight excluding hydrogens is 360 g/mol. The van der Waals surface area contributed by atoms with Gasteiger partial charge in [-0.05, 0) is 55.3 Å². The lowest BCUT2D eigenvalue weighted by Gasteiger charge is -2.37. The van der Waals surface area contributed by atoms with E-state index in [0.717, 1.165) is 49.4 Å². The Labute approximate surface area is 160 Å². The Morgan fingerprint density at radius 2 is 1.81 bits per heavy atom. The van der Waals surface area contributed by atoms with E-state index in [0.29, 0.717) is 12.5 Å². The van der Waals surface area contributed by atoms with E-state index in [-0.39, 0.29) is 0 Å². The second kappa shape index (κ2) is 7.50. The third kappa shape index (κ3) is 4.10. The minimum atomic E-state index is -3.61. The zero-order chi connectivity index (χ0) is 18.9. The molecular formula is C20H26N4O2S. The quantitative estimate of drug-likeness (QED) is 0.732. The van der Waals surface area contributed by atoms with Gasteiger partial charge in [0.2, 0.25) is 10.0 Å². The van der Waals surface area contributed by atoms with Crippen molar-refractivity contribution in [2.24, 2.45) is 5.14 Å². The smallest absolute Gasteiger partial charge is 0.230 e. The molecule has 2 aromatic rings. The summed E-state index contributed by atoms with van der Waals surface area (Å²) in [6.07, 6.45) is 2.61. The summed E-state index contributed by atoms with van der Waals surface area (Å²) >= 11 is 0. The number of sulfonamides is 1. The second-order valence-corrected chi connectivity index (χ2v) is 9.11. The lowest BCUT2D eigenvalue weighted by molar-refractivity contribution is 0.428. The predicted molar refractivity (Wildman–Crippen MR) is 109 cm³/mol. The molecule has 0 amide bonds. The summed E-state index contributed by atoms with van der Waals surface area (Å²) in [5.74, 6) is 0. The molecule has 1 unspecified atom stereocenters. The fourth-order valence-electron chi connectivity index (χ4n) is 4.02. The van der Waals surface area contributed by atoms with Crippen LogP contribution in [0.2, 0.25) is 0 Å². The molecule has 2 aromatic carbocycles. The van der Waals surface area contributed by atoms with Crippen molar-refractivity contribution in [3.05, 3.63) is 59.7 Å². The molecule has 6 nitrogen and oxygen atoms in total. The van der Waals surface area contributed by atoms with Crippen LogP contribution in [0.3, 0.4) is 0 Å². The van der Waals surface area contributed by atoms with Crippen LogP contribution < -0.4 is 20.7 Å². The van der Waals surface area contributed by atoms with Crippen LogP contribution in [0.1, 0.15) is 24.0 Å². The molecule has 1 atom stereocenters. The molecule has 144 valence electrons. The first-order valence-corrected chi connectivity index (χ1v) is 11.0. The average molecular weight is 387 g/mol. The zero-order valence-electron chi connectivity index (χ0n) is 15.3. The Kier molecular flexibility index (Phi) is 5.08. The fourth-order valence-corrected chi connectivity index (χ4v) is 4.72. The number of benzene rings is 2. The van der Waals surface area contributed by atoms with Crippen LogP contribution in [0.15, 0.2) is 48.5 Å². The van der Waals surface area contributed by atoms with Gasteiger partial charge in [-0.1, -0.05) is 30.3 Å². The van der Waals surface area contributed by atoms with E-state index < -0.39 is 15.4 Å². The Balaban J connectivity index is 1.63. The normalized spacial score (nSPS) is 20.1. The van der Waals surface area contributed by atoms with Crippen molar-refractivity contribution in [2.75, 3.05) is 23.3 Å². The topological polar surface area (TPSA) is 87.5 Å². The molecule has 2 aliphatic rings. The fraction of sp³-hybridized carbons (Fsp3) is 0.400. The minimum Gasteiger partial charge on any atom is -0.367 e. The number of hydrogen-bond acceptors (Lipinski definition) is 5. The van der Waals surface area contributed by atoms with Crippen LogP contribution in [-0.2, 0) is 23.0 Å². The van der Waals surface area contributed by atoms with E-state index in [1.165, 1.54) is 5.56 Å². The van der Waals surface area contributed by atoms with Gasteiger partial charge in [0, 0.05) is 30.4 Å². The number of anilines is 2. The summed E-state index contributed by atoms with van der Waals surface area (Å²) in [5, 5.41) is 11.1. The number of primary sulfonamides is 1. The van der Waals surface area contributed by atoms with Crippen LogP contribution >= 0.6 is 0 Å². The second-order valence-electron chi connectivity index (χ2n) is 7.36. The summed E-state index contributed by atoms with van der Waals surface area (Å²) in [7, 11) is -3.61. The number of nitrogens with one attached hydrogen (secondary N) is 2. The number of nitrogens with two attached hydrogens (primary N) is 1. The number of fused-ring (bicyclic) bond motifs is 1. The van der Waals surface area contributed by atoms with Crippen molar-refractivity contribution in [2.45, 2.75) is 37.2 Å². The van der Waals surface area contributed by atoms with E-state index >= 15 is 0 Å². The summed E-state index contributed by atoms with van der Waals surface area (Å²) in [6, 6.07) is 17.1. The van der Waals surface area contributed by atoms with E-state index in [4.69, 9.17) is 5.14 Å². The van der Waals surface area contributed by atoms with Gasteiger partial charge in [0.15, 0.2) is 0 Å². The van der Waals surface area contributed by atoms with Gasteiger partial charge in [-0.15, -0.1) is 0 Å². The van der Waals surface area contributed by atoms with E-state index in [9.17, 15) is 8.42 Å². The first-order chi connectivity index (χ1) is 13.0. The van der Waals surface area contributed by atoms with E-state index in [2.05, 4.69) is 51.9 Å². The SMILES string of the molecule is NS(=O)(=O)C1Cc2cc(N(Cc3ccccc3)C3CCNCC3)ccc2N1. The number of rotatable bonds is 5. The van der Waals surface area contributed by atoms with Crippen molar-refractivity contribution in [1.82, 2.24) is 5.32 Å². The molecule has 0 saturated carbocycles. The molecule has 0 aromatic heterocycles. The van der Waals surface area contributed by atoms with Gasteiger partial charge in [-0.2, -0.15) is 0 Å². The van der Waals surface area contributed by atoms with Gasteiger partial charge in [0.05, 0.1) is 0 Å². The highest BCUT2D eigenvalue weighted by molar-refractivity contribution is 7.89. The minimum absolute atomic E-state index is 0.410. The Hall–Kier alpha value is -2.09. The molecule has 2 aliphatic heterocycles. The molecule has 27 heavy (non-hydrogen) atoms. The summed E-state index contributed by atoms with van der Waals surface area (Å²) in [4.78, 5) is 2.46. The van der Waals surface area contributed by atoms with Crippen LogP contribution in [-0.4, -0.2) is 32.9 Å². The summed E-state index contributed by atoms with van der Waals surface area (Å²) in [5.41, 5.74) is 4.29. The van der Waals surface area contributed by atoms with Gasteiger partial charge in [-0.25, -0.2) is 13.6 Å². The molecule has 1 fully saturated rings. The molecule has 0 radical (unpaired) electrons. The van der Waals surface area contributed by atoms with Crippen LogP contribution in [0.4, 0.5) is 11.4 Å². The Morgan fingerprint density at radius 3 is 2.52 bits per heavy atom. The first kappa shape index (κ1) is 18.3. The maximum absolute atomic E-state index is 11.7. The Morgan fingerprint density at radius 1 is 1.07 bits per heavy atom. The predicted octanol–water partition coefficient (Wildman–Crippen LogP) is 2.03. The van der Waals surface area contributed by atoms with Crippen molar-refractivity contribution in [3.63, 3.8) is 0 Å². The highest BCUT2D eigenvalue weighted by atomic mass is 32.2. The molecule has 0 aliphatic carbocycles. The highest BCUT2D eigenvalue weighted by Gasteiger charge is 2.30.